The molecule has 176 valence electrons. The van der Waals surface area contributed by atoms with Crippen LogP contribution in [0.4, 0.5) is 10.2 Å². The summed E-state index contributed by atoms with van der Waals surface area (Å²) in [5, 5.41) is 9.76. The number of fused-ring (bicyclic) bond motifs is 3. The Morgan fingerprint density at radius 3 is 2.71 bits per heavy atom. The van der Waals surface area contributed by atoms with E-state index in [1.165, 1.54) is 17.2 Å². The van der Waals surface area contributed by atoms with Crippen molar-refractivity contribution in [2.24, 2.45) is 11.8 Å². The van der Waals surface area contributed by atoms with Gasteiger partial charge in [0.25, 0.3) is 0 Å². The van der Waals surface area contributed by atoms with Crippen LogP contribution in [0.1, 0.15) is 48.1 Å². The van der Waals surface area contributed by atoms with Crippen LogP contribution >= 0.6 is 0 Å². The van der Waals surface area contributed by atoms with Gasteiger partial charge >= 0.3 is 0 Å². The van der Waals surface area contributed by atoms with Gasteiger partial charge < -0.3 is 14.7 Å². The Morgan fingerprint density at radius 1 is 1.09 bits per heavy atom. The van der Waals surface area contributed by atoms with Crippen LogP contribution < -0.4 is 9.64 Å². The van der Waals surface area contributed by atoms with Gasteiger partial charge in [-0.3, -0.25) is 0 Å². The number of pyridine rings is 1. The van der Waals surface area contributed by atoms with E-state index in [9.17, 15) is 9.50 Å². The number of hydrogen-bond donors (Lipinski definition) is 1. The zero-order valence-corrected chi connectivity index (χ0v) is 19.8. The van der Waals surface area contributed by atoms with E-state index in [0.29, 0.717) is 5.56 Å². The van der Waals surface area contributed by atoms with E-state index in [2.05, 4.69) is 30.0 Å². The average Bonchev–Trinajstić information content (AvgIpc) is 3.29. The van der Waals surface area contributed by atoms with Crippen LogP contribution in [0.5, 0.6) is 5.75 Å². The molecule has 0 unspecified atom stereocenters. The molecule has 4 nitrogen and oxygen atoms in total. The van der Waals surface area contributed by atoms with Crippen molar-refractivity contribution in [1.29, 1.82) is 0 Å². The van der Waals surface area contributed by atoms with Crippen LogP contribution in [-0.4, -0.2) is 29.3 Å². The lowest BCUT2D eigenvalue weighted by Crippen LogP contribution is -2.36. The largest absolute Gasteiger partial charge is 0.489 e. The molecule has 1 saturated heterocycles. The van der Waals surface area contributed by atoms with E-state index < -0.39 is 0 Å². The fourth-order valence-electron chi connectivity index (χ4n) is 5.94. The molecule has 1 aliphatic heterocycles. The van der Waals surface area contributed by atoms with Crippen LogP contribution in [0.25, 0.3) is 11.1 Å². The second kappa shape index (κ2) is 8.38. The highest BCUT2D eigenvalue weighted by Crippen LogP contribution is 2.61. The minimum atomic E-state index is -0.255. The molecule has 2 aliphatic carbocycles. The number of aliphatic hydroxyl groups is 1. The zero-order valence-electron chi connectivity index (χ0n) is 19.8. The molecule has 1 aromatic heterocycles. The Hall–Kier alpha value is -2.92. The number of halogens is 1. The van der Waals surface area contributed by atoms with Crippen LogP contribution in [0.15, 0.2) is 48.5 Å². The monoisotopic (exact) mass is 458 g/mol. The first-order valence-corrected chi connectivity index (χ1v) is 12.4. The molecule has 0 bridgehead atoms. The molecule has 34 heavy (non-hydrogen) atoms. The lowest BCUT2D eigenvalue weighted by Gasteiger charge is -2.30. The van der Waals surface area contributed by atoms with Crippen LogP contribution in [0, 0.1) is 24.6 Å². The fourth-order valence-corrected chi connectivity index (χ4v) is 5.94. The summed E-state index contributed by atoms with van der Waals surface area (Å²) in [5.41, 5.74) is 6.26. The molecule has 3 aromatic rings. The van der Waals surface area contributed by atoms with E-state index in [1.807, 2.05) is 31.2 Å². The summed E-state index contributed by atoms with van der Waals surface area (Å²) < 4.78 is 20.6. The molecule has 6 rings (SSSR count). The van der Waals surface area contributed by atoms with Gasteiger partial charge in [-0.1, -0.05) is 19.1 Å². The number of piperidine rings is 1. The fraction of sp³-hybridized carbons (Fsp3) is 0.414. The molecule has 1 N–H and O–H groups in total. The Balaban J connectivity index is 1.18. The van der Waals surface area contributed by atoms with Crippen molar-refractivity contribution < 1.29 is 14.2 Å². The maximum atomic E-state index is 14.6. The van der Waals surface area contributed by atoms with Crippen molar-refractivity contribution in [1.82, 2.24) is 4.98 Å². The summed E-state index contributed by atoms with van der Waals surface area (Å²) in [6.45, 7) is 6.15. The third kappa shape index (κ3) is 3.86. The molecule has 3 aliphatic rings. The third-order valence-corrected chi connectivity index (χ3v) is 8.10. The van der Waals surface area contributed by atoms with Crippen LogP contribution in [0.2, 0.25) is 0 Å². The third-order valence-electron chi connectivity index (χ3n) is 8.10. The number of benzene rings is 2. The van der Waals surface area contributed by atoms with E-state index in [0.717, 1.165) is 78.5 Å². The standard InChI is InChI=1S/C29H31FN2O2/c1-17-26-15-20-14-23(4-5-25(20)29(17)26)34-16-21-13-19(3-7-27(21)30)24-6-8-28(31-18(24)2)32-11-9-22(33)10-12-32/h3-8,13-14,17,22,26,29,33H,9-12,15-16H2,1-2H3/t17-,26-,29-/m0/s1. The predicted molar refractivity (Wildman–Crippen MR) is 132 cm³/mol. The summed E-state index contributed by atoms with van der Waals surface area (Å²) in [5.74, 6) is 3.85. The number of aromatic nitrogens is 1. The van der Waals surface area contributed by atoms with Gasteiger partial charge in [-0.15, -0.1) is 0 Å². The predicted octanol–water partition coefficient (Wildman–Crippen LogP) is 5.64. The highest BCUT2D eigenvalue weighted by Gasteiger charge is 2.52. The lowest BCUT2D eigenvalue weighted by atomic mass is 10.0. The molecule has 2 heterocycles. The summed E-state index contributed by atoms with van der Waals surface area (Å²) in [4.78, 5) is 7.03. The van der Waals surface area contributed by atoms with Crippen LogP contribution in [0.3, 0.4) is 0 Å². The minimum Gasteiger partial charge on any atom is -0.489 e. The van der Waals surface area contributed by atoms with Crippen molar-refractivity contribution in [2.75, 3.05) is 18.0 Å². The number of hydrogen-bond acceptors (Lipinski definition) is 4. The first-order chi connectivity index (χ1) is 16.5. The normalized spacial score (nSPS) is 23.5. The highest BCUT2D eigenvalue weighted by atomic mass is 19.1. The quantitative estimate of drug-likeness (QED) is 0.537. The molecular formula is C29H31FN2O2. The van der Waals surface area contributed by atoms with E-state index in [4.69, 9.17) is 9.72 Å². The Kier molecular flexibility index (Phi) is 5.33. The number of anilines is 1. The SMILES string of the molecule is Cc1nc(N2CCC(O)CC2)ccc1-c1ccc(F)c(COc2ccc3c(c2)C[C@H]2[C@H](C)[C@@H]32)c1. The number of nitrogens with zero attached hydrogens (tertiary/aromatic N) is 2. The smallest absolute Gasteiger partial charge is 0.129 e. The number of aryl methyl sites for hydroxylation is 1. The van der Waals surface area contributed by atoms with Gasteiger partial charge in [-0.05, 0) is 97.0 Å². The Morgan fingerprint density at radius 2 is 1.91 bits per heavy atom. The van der Waals surface area contributed by atoms with E-state index in [1.54, 1.807) is 0 Å². The molecule has 2 aromatic carbocycles. The van der Waals surface area contributed by atoms with Gasteiger partial charge in [0.15, 0.2) is 0 Å². The minimum absolute atomic E-state index is 0.197. The van der Waals surface area contributed by atoms with Gasteiger partial charge in [-0.2, -0.15) is 0 Å². The molecule has 0 spiro atoms. The summed E-state index contributed by atoms with van der Waals surface area (Å²) in [6.07, 6.45) is 2.48. The van der Waals surface area contributed by atoms with Gasteiger partial charge in [0, 0.05) is 29.9 Å². The molecule has 2 fully saturated rings. The highest BCUT2D eigenvalue weighted by molar-refractivity contribution is 5.68. The Bertz CT molecular complexity index is 1230. The van der Waals surface area contributed by atoms with Gasteiger partial charge in [0.1, 0.15) is 24.0 Å². The van der Waals surface area contributed by atoms with Crippen LogP contribution in [-0.2, 0) is 13.0 Å². The number of rotatable bonds is 5. The summed E-state index contributed by atoms with van der Waals surface area (Å²) in [7, 11) is 0. The molecule has 0 amide bonds. The molecule has 0 radical (unpaired) electrons. The van der Waals surface area contributed by atoms with Crippen molar-refractivity contribution in [3.05, 3.63) is 76.7 Å². The zero-order chi connectivity index (χ0) is 23.4. The van der Waals surface area contributed by atoms with Crippen molar-refractivity contribution in [2.45, 2.75) is 51.7 Å². The summed E-state index contributed by atoms with van der Waals surface area (Å²) in [6, 6.07) is 15.7. The molecular weight excluding hydrogens is 427 g/mol. The number of ether oxygens (including phenoxy) is 1. The van der Waals surface area contributed by atoms with Crippen molar-refractivity contribution >= 4 is 5.82 Å². The second-order valence-electron chi connectivity index (χ2n) is 10.2. The first kappa shape index (κ1) is 21.6. The molecule has 3 atom stereocenters. The maximum absolute atomic E-state index is 14.6. The topological polar surface area (TPSA) is 45.6 Å². The van der Waals surface area contributed by atoms with Crippen molar-refractivity contribution in [3.63, 3.8) is 0 Å². The van der Waals surface area contributed by atoms with E-state index in [-0.39, 0.29) is 18.5 Å². The maximum Gasteiger partial charge on any atom is 0.129 e. The summed E-state index contributed by atoms with van der Waals surface area (Å²) >= 11 is 0. The number of aliphatic hydroxyl groups excluding tert-OH is 1. The average molecular weight is 459 g/mol. The lowest BCUT2D eigenvalue weighted by molar-refractivity contribution is 0.145. The second-order valence-corrected chi connectivity index (χ2v) is 10.2. The molecule has 1 saturated carbocycles. The van der Waals surface area contributed by atoms with Gasteiger partial charge in [0.2, 0.25) is 0 Å². The van der Waals surface area contributed by atoms with Gasteiger partial charge in [0.05, 0.1) is 6.10 Å². The van der Waals surface area contributed by atoms with E-state index >= 15 is 0 Å². The van der Waals surface area contributed by atoms with Gasteiger partial charge in [-0.25, -0.2) is 9.37 Å². The molecule has 5 heteroatoms. The first-order valence-electron chi connectivity index (χ1n) is 12.4. The van der Waals surface area contributed by atoms with Crippen molar-refractivity contribution in [3.8, 4) is 16.9 Å². The Labute approximate surface area is 200 Å².